The molecule has 0 unspecified atom stereocenters. The fourth-order valence-corrected chi connectivity index (χ4v) is 6.53. The molecule has 0 bridgehead atoms. The minimum Gasteiger partial charge on any atom is -0.497 e. The predicted molar refractivity (Wildman–Crippen MR) is 141 cm³/mol. The summed E-state index contributed by atoms with van der Waals surface area (Å²) in [5, 5.41) is 0.591. The molecule has 0 atom stereocenters. The van der Waals surface area contributed by atoms with Crippen molar-refractivity contribution in [3.05, 3.63) is 72.6 Å². The second-order valence-corrected chi connectivity index (χ2v) is 11.7. The molecule has 0 fully saturated rings. The van der Waals surface area contributed by atoms with Crippen molar-refractivity contribution in [2.24, 2.45) is 0 Å². The van der Waals surface area contributed by atoms with E-state index < -0.39 is 9.84 Å². The second kappa shape index (κ2) is 11.2. The first-order chi connectivity index (χ1) is 16.9. The Kier molecular flexibility index (Phi) is 8.04. The Morgan fingerprint density at radius 3 is 2.60 bits per heavy atom. The molecule has 2 aromatic carbocycles. The lowest BCUT2D eigenvalue weighted by atomic mass is 10.2. The number of amides is 1. The summed E-state index contributed by atoms with van der Waals surface area (Å²) in [5.41, 5.74) is 1.74. The first-order valence-corrected chi connectivity index (χ1v) is 14.6. The molecule has 0 aliphatic heterocycles. The van der Waals surface area contributed by atoms with Gasteiger partial charge in [-0.15, -0.1) is 11.8 Å². The van der Waals surface area contributed by atoms with Crippen molar-refractivity contribution in [3.8, 4) is 5.75 Å². The first-order valence-electron chi connectivity index (χ1n) is 10.9. The summed E-state index contributed by atoms with van der Waals surface area (Å²) in [4.78, 5) is 25.2. The number of hydrogen-bond donors (Lipinski definition) is 0. The summed E-state index contributed by atoms with van der Waals surface area (Å²) in [6, 6.07) is 16.0. The van der Waals surface area contributed by atoms with E-state index in [0.29, 0.717) is 17.4 Å². The number of rotatable bonds is 10. The van der Waals surface area contributed by atoms with Gasteiger partial charge in [0.15, 0.2) is 15.0 Å². The van der Waals surface area contributed by atoms with E-state index in [9.17, 15) is 13.2 Å². The molecule has 4 rings (SSSR count). The van der Waals surface area contributed by atoms with E-state index in [2.05, 4.69) is 4.98 Å². The first kappa shape index (κ1) is 25.2. The van der Waals surface area contributed by atoms with Gasteiger partial charge in [-0.25, -0.2) is 13.4 Å². The number of hydrogen-bond acceptors (Lipinski definition) is 8. The minimum atomic E-state index is -3.51. The van der Waals surface area contributed by atoms with Crippen LogP contribution in [0.4, 0.5) is 5.13 Å². The number of pyridine rings is 1. The lowest BCUT2D eigenvalue weighted by Crippen LogP contribution is -2.30. The van der Waals surface area contributed by atoms with E-state index in [1.807, 2.05) is 36.6 Å². The highest BCUT2D eigenvalue weighted by Crippen LogP contribution is 2.35. The van der Waals surface area contributed by atoms with E-state index in [4.69, 9.17) is 9.72 Å². The maximum atomic E-state index is 13.3. The monoisotopic (exact) mass is 527 g/mol. The smallest absolute Gasteiger partial charge is 0.229 e. The Bertz CT molecular complexity index is 1410. The highest BCUT2D eigenvalue weighted by Gasteiger charge is 2.22. The lowest BCUT2D eigenvalue weighted by Gasteiger charge is -2.20. The molecule has 182 valence electrons. The number of nitrogens with zero attached hydrogens (tertiary/aromatic N) is 3. The van der Waals surface area contributed by atoms with Gasteiger partial charge in [0.1, 0.15) is 5.75 Å². The number of carbonyl (C=O) groups is 1. The topological polar surface area (TPSA) is 89.5 Å². The van der Waals surface area contributed by atoms with Gasteiger partial charge in [-0.1, -0.05) is 23.5 Å². The van der Waals surface area contributed by atoms with Crippen LogP contribution >= 0.6 is 23.1 Å². The van der Waals surface area contributed by atoms with Crippen LogP contribution in [-0.4, -0.2) is 43.4 Å². The highest BCUT2D eigenvalue weighted by molar-refractivity contribution is 7.98. The van der Waals surface area contributed by atoms with Gasteiger partial charge < -0.3 is 4.74 Å². The van der Waals surface area contributed by atoms with Crippen LogP contribution in [0.1, 0.15) is 18.4 Å². The summed E-state index contributed by atoms with van der Waals surface area (Å²) in [6.07, 6.45) is 5.69. The molecule has 1 amide bonds. The molecule has 2 aromatic heterocycles. The molecule has 0 spiro atoms. The van der Waals surface area contributed by atoms with Crippen LogP contribution in [0.5, 0.6) is 5.75 Å². The third-order valence-electron chi connectivity index (χ3n) is 5.41. The molecule has 2 heterocycles. The summed E-state index contributed by atoms with van der Waals surface area (Å²) in [6.45, 7) is 0.312. The number of benzene rings is 2. The van der Waals surface area contributed by atoms with Crippen LogP contribution in [-0.2, 0) is 21.2 Å². The van der Waals surface area contributed by atoms with E-state index in [-0.39, 0.29) is 29.4 Å². The molecule has 0 saturated carbocycles. The number of ether oxygens (including phenoxy) is 1. The van der Waals surface area contributed by atoms with Gasteiger partial charge in [-0.05, 0) is 60.7 Å². The van der Waals surface area contributed by atoms with E-state index in [1.54, 1.807) is 41.2 Å². The number of thiazole rings is 1. The number of anilines is 1. The largest absolute Gasteiger partial charge is 0.497 e. The lowest BCUT2D eigenvalue weighted by molar-refractivity contribution is -0.118. The molecule has 0 radical (unpaired) electrons. The average molecular weight is 528 g/mol. The van der Waals surface area contributed by atoms with E-state index in [0.717, 1.165) is 20.7 Å². The van der Waals surface area contributed by atoms with Gasteiger partial charge in [-0.3, -0.25) is 14.7 Å². The van der Waals surface area contributed by atoms with Gasteiger partial charge in [0.2, 0.25) is 5.91 Å². The standard InChI is InChI=1S/C25H25N3O4S3/c1-32-19-10-12-20(13-11-19)35(30,31)15-5-9-23(29)28(17-18-6-4-14-26-16-18)25-27-24-21(33-2)7-3-8-22(24)34-25/h3-4,6-8,10-14,16H,5,9,15,17H2,1-2H3. The van der Waals surface area contributed by atoms with Crippen LogP contribution in [0.25, 0.3) is 10.2 Å². The Morgan fingerprint density at radius 1 is 1.11 bits per heavy atom. The predicted octanol–water partition coefficient (Wildman–Crippen LogP) is 5.21. The maximum Gasteiger partial charge on any atom is 0.229 e. The number of sulfone groups is 1. The van der Waals surface area contributed by atoms with Crippen molar-refractivity contribution in [1.29, 1.82) is 0 Å². The number of thioether (sulfide) groups is 1. The molecule has 0 N–H and O–H groups in total. The number of aromatic nitrogens is 2. The highest BCUT2D eigenvalue weighted by atomic mass is 32.2. The van der Waals surface area contributed by atoms with E-state index >= 15 is 0 Å². The normalized spacial score (nSPS) is 11.5. The van der Waals surface area contributed by atoms with E-state index in [1.165, 1.54) is 30.6 Å². The SMILES string of the molecule is COc1ccc(S(=O)(=O)CCCC(=O)N(Cc2cccnc2)c2nc3c(SC)cccc3s2)cc1. The molecular weight excluding hydrogens is 502 g/mol. The second-order valence-electron chi connectivity index (χ2n) is 7.74. The van der Waals surface area contributed by atoms with Crippen molar-refractivity contribution >= 4 is 54.2 Å². The van der Waals surface area contributed by atoms with Crippen LogP contribution in [0.3, 0.4) is 0 Å². The van der Waals surface area contributed by atoms with Crippen LogP contribution in [0.2, 0.25) is 0 Å². The summed E-state index contributed by atoms with van der Waals surface area (Å²) >= 11 is 3.06. The molecule has 35 heavy (non-hydrogen) atoms. The summed E-state index contributed by atoms with van der Waals surface area (Å²) in [5.74, 6) is 0.289. The van der Waals surface area contributed by atoms with Crippen molar-refractivity contribution in [1.82, 2.24) is 9.97 Å². The van der Waals surface area contributed by atoms with Crippen molar-refractivity contribution < 1.29 is 17.9 Å². The molecular formula is C25H25N3O4S3. The van der Waals surface area contributed by atoms with Crippen molar-refractivity contribution in [2.75, 3.05) is 24.0 Å². The molecule has 0 saturated heterocycles. The Morgan fingerprint density at radius 2 is 1.91 bits per heavy atom. The number of para-hydroxylation sites is 1. The van der Waals surface area contributed by atoms with Crippen molar-refractivity contribution in [2.45, 2.75) is 29.2 Å². The van der Waals surface area contributed by atoms with Gasteiger partial charge >= 0.3 is 0 Å². The van der Waals surface area contributed by atoms with Crippen LogP contribution in [0, 0.1) is 0 Å². The fourth-order valence-electron chi connectivity index (χ4n) is 3.58. The van der Waals surface area contributed by atoms with Gasteiger partial charge in [-0.2, -0.15) is 0 Å². The number of carbonyl (C=O) groups excluding carboxylic acids is 1. The summed E-state index contributed by atoms with van der Waals surface area (Å²) in [7, 11) is -1.98. The Balaban J connectivity index is 1.52. The Labute approximate surface area is 213 Å². The average Bonchev–Trinajstić information content (AvgIpc) is 3.32. The molecule has 4 aromatic rings. The maximum absolute atomic E-state index is 13.3. The molecule has 0 aliphatic rings. The zero-order valence-electron chi connectivity index (χ0n) is 19.4. The zero-order chi connectivity index (χ0) is 24.8. The minimum absolute atomic E-state index is 0.0843. The third kappa shape index (κ3) is 6.01. The quantitative estimate of drug-likeness (QED) is 0.262. The van der Waals surface area contributed by atoms with Crippen LogP contribution < -0.4 is 9.64 Å². The van der Waals surface area contributed by atoms with Gasteiger partial charge in [0, 0.05) is 23.7 Å². The van der Waals surface area contributed by atoms with Crippen molar-refractivity contribution in [3.63, 3.8) is 0 Å². The third-order valence-corrected chi connectivity index (χ3v) is 9.04. The zero-order valence-corrected chi connectivity index (χ0v) is 21.8. The molecule has 7 nitrogen and oxygen atoms in total. The molecule has 0 aliphatic carbocycles. The number of fused-ring (bicyclic) bond motifs is 1. The Hall–Kier alpha value is -2.95. The fraction of sp³-hybridized carbons (Fsp3) is 0.240. The summed E-state index contributed by atoms with van der Waals surface area (Å²) < 4.78 is 31.6. The number of methoxy groups -OCH3 is 1. The van der Waals surface area contributed by atoms with Gasteiger partial charge in [0.05, 0.1) is 34.5 Å². The van der Waals surface area contributed by atoms with Crippen LogP contribution in [0.15, 0.2) is 76.8 Å². The van der Waals surface area contributed by atoms with Gasteiger partial charge in [0.25, 0.3) is 0 Å². The molecule has 10 heteroatoms.